The number of hydrogen-bond donors (Lipinski definition) is 1. The Bertz CT molecular complexity index is 949. The van der Waals surface area contributed by atoms with Crippen molar-refractivity contribution >= 4 is 33.0 Å². The summed E-state index contributed by atoms with van der Waals surface area (Å²) in [5.74, 6) is -0.453. The van der Waals surface area contributed by atoms with Crippen LogP contribution in [-0.2, 0) is 21.1 Å². The lowest BCUT2D eigenvalue weighted by molar-refractivity contribution is -0.118. The summed E-state index contributed by atoms with van der Waals surface area (Å²) in [5.41, 5.74) is 1.78. The average molecular weight is 435 g/mol. The average Bonchev–Trinajstić information content (AvgIpc) is 3.20. The van der Waals surface area contributed by atoms with Crippen LogP contribution in [0, 0.1) is 0 Å². The Balaban J connectivity index is 1.82. The number of likely N-dealkylation sites (N-methyl/N-ethyl adjacent to an activating group) is 1. The van der Waals surface area contributed by atoms with E-state index in [0.29, 0.717) is 36.4 Å². The highest BCUT2D eigenvalue weighted by atomic mass is 35.5. The van der Waals surface area contributed by atoms with Gasteiger partial charge in [-0.2, -0.15) is 0 Å². The molecule has 0 heterocycles. The van der Waals surface area contributed by atoms with Crippen molar-refractivity contribution in [2.45, 2.75) is 41.7 Å². The van der Waals surface area contributed by atoms with Crippen molar-refractivity contribution in [1.29, 1.82) is 0 Å². The molecule has 3 rings (SSSR count). The third-order valence-corrected chi connectivity index (χ3v) is 8.29. The molecule has 1 N–H and O–H groups in total. The number of benzene rings is 2. The molecular formula is C22H27ClN2O3S. The lowest BCUT2D eigenvalue weighted by Crippen LogP contribution is -2.47. The monoisotopic (exact) mass is 434 g/mol. The number of amides is 1. The molecule has 0 unspecified atom stereocenters. The molecule has 0 radical (unpaired) electrons. The number of rotatable bonds is 7. The molecule has 5 nitrogen and oxygen atoms in total. The van der Waals surface area contributed by atoms with Crippen LogP contribution < -0.4 is 5.32 Å². The maximum absolute atomic E-state index is 13.4. The van der Waals surface area contributed by atoms with E-state index in [1.54, 1.807) is 12.1 Å². The third-order valence-electron chi connectivity index (χ3n) is 5.52. The Morgan fingerprint density at radius 3 is 2.17 bits per heavy atom. The molecule has 0 aliphatic heterocycles. The summed E-state index contributed by atoms with van der Waals surface area (Å²) in [7, 11) is 0.210. The fourth-order valence-corrected chi connectivity index (χ4v) is 5.95. The number of anilines is 1. The first kappa shape index (κ1) is 21.8. The highest BCUT2D eigenvalue weighted by Gasteiger charge is 2.52. The van der Waals surface area contributed by atoms with Gasteiger partial charge in [0.1, 0.15) is 0 Å². The molecule has 0 bridgehead atoms. The van der Waals surface area contributed by atoms with Crippen LogP contribution >= 0.6 is 11.6 Å². The highest BCUT2D eigenvalue weighted by molar-refractivity contribution is 7.93. The summed E-state index contributed by atoms with van der Waals surface area (Å²) in [6.45, 7) is 0.939. The molecule has 0 saturated heterocycles. The van der Waals surface area contributed by atoms with Gasteiger partial charge in [0.05, 0.1) is 4.90 Å². The van der Waals surface area contributed by atoms with Gasteiger partial charge >= 0.3 is 0 Å². The summed E-state index contributed by atoms with van der Waals surface area (Å²) in [4.78, 5) is 15.4. The van der Waals surface area contributed by atoms with Crippen LogP contribution in [0.3, 0.4) is 0 Å². The molecule has 0 aromatic heterocycles. The van der Waals surface area contributed by atoms with E-state index in [9.17, 15) is 13.2 Å². The van der Waals surface area contributed by atoms with Crippen LogP contribution in [0.4, 0.5) is 5.69 Å². The number of nitrogens with one attached hydrogen (secondary N) is 1. The summed E-state index contributed by atoms with van der Waals surface area (Å²) in [6.07, 6.45) is 2.99. The first-order chi connectivity index (χ1) is 13.7. The normalized spacial score (nSPS) is 16.1. The SMILES string of the molecule is CN(C)CCc1ccc(NC(=O)C2(S(=O)(=O)c3ccc(Cl)cc3)CCCC2)cc1. The smallest absolute Gasteiger partial charge is 0.246 e. The van der Waals surface area contributed by atoms with E-state index >= 15 is 0 Å². The number of carbonyl (C=O) groups is 1. The van der Waals surface area contributed by atoms with Gasteiger partial charge in [0.15, 0.2) is 14.6 Å². The minimum absolute atomic E-state index is 0.137. The van der Waals surface area contributed by atoms with E-state index in [1.165, 1.54) is 17.7 Å². The van der Waals surface area contributed by atoms with E-state index in [2.05, 4.69) is 10.2 Å². The molecule has 7 heteroatoms. The number of carbonyl (C=O) groups excluding carboxylic acids is 1. The van der Waals surface area contributed by atoms with Gasteiger partial charge in [0.2, 0.25) is 5.91 Å². The predicted octanol–water partition coefficient (Wildman–Crippen LogP) is 4.17. The van der Waals surface area contributed by atoms with Crippen molar-refractivity contribution < 1.29 is 13.2 Å². The van der Waals surface area contributed by atoms with Gasteiger partial charge in [0.25, 0.3) is 0 Å². The Hall–Kier alpha value is -1.89. The van der Waals surface area contributed by atoms with Crippen LogP contribution in [0.25, 0.3) is 0 Å². The molecule has 1 fully saturated rings. The molecule has 29 heavy (non-hydrogen) atoms. The molecule has 2 aromatic rings. The molecule has 0 spiro atoms. The van der Waals surface area contributed by atoms with Gasteiger partial charge in [-0.15, -0.1) is 0 Å². The summed E-state index contributed by atoms with van der Waals surface area (Å²) >= 11 is 5.90. The van der Waals surface area contributed by atoms with E-state index in [1.807, 2.05) is 38.4 Å². The van der Waals surface area contributed by atoms with Gasteiger partial charge in [-0.05, 0) is 75.3 Å². The minimum atomic E-state index is -3.84. The van der Waals surface area contributed by atoms with Crippen molar-refractivity contribution in [3.05, 3.63) is 59.1 Å². The topological polar surface area (TPSA) is 66.5 Å². The van der Waals surface area contributed by atoms with E-state index in [0.717, 1.165) is 13.0 Å². The van der Waals surface area contributed by atoms with Gasteiger partial charge in [-0.25, -0.2) is 8.42 Å². The largest absolute Gasteiger partial charge is 0.325 e. The van der Waals surface area contributed by atoms with E-state index < -0.39 is 20.5 Å². The maximum Gasteiger partial charge on any atom is 0.246 e. The second-order valence-corrected chi connectivity index (χ2v) is 10.6. The first-order valence-corrected chi connectivity index (χ1v) is 11.7. The Morgan fingerprint density at radius 2 is 1.62 bits per heavy atom. The third kappa shape index (κ3) is 4.65. The fourth-order valence-electron chi connectivity index (χ4n) is 3.76. The van der Waals surface area contributed by atoms with Crippen molar-refractivity contribution in [1.82, 2.24) is 4.90 Å². The van der Waals surface area contributed by atoms with Crippen molar-refractivity contribution in [3.8, 4) is 0 Å². The molecule has 1 amide bonds. The van der Waals surface area contributed by atoms with Crippen LogP contribution in [0.1, 0.15) is 31.2 Å². The summed E-state index contributed by atoms with van der Waals surface area (Å²) < 4.78 is 25.3. The highest BCUT2D eigenvalue weighted by Crippen LogP contribution is 2.41. The fraction of sp³-hybridized carbons (Fsp3) is 0.409. The van der Waals surface area contributed by atoms with Crippen LogP contribution in [-0.4, -0.2) is 44.6 Å². The van der Waals surface area contributed by atoms with E-state index in [4.69, 9.17) is 11.6 Å². The van der Waals surface area contributed by atoms with Crippen molar-refractivity contribution in [3.63, 3.8) is 0 Å². The Kier molecular flexibility index (Phi) is 6.66. The predicted molar refractivity (Wildman–Crippen MR) is 117 cm³/mol. The van der Waals surface area contributed by atoms with Gasteiger partial charge in [-0.3, -0.25) is 4.79 Å². The van der Waals surface area contributed by atoms with Gasteiger partial charge in [0, 0.05) is 17.3 Å². The molecule has 2 aromatic carbocycles. The second kappa shape index (κ2) is 8.86. The number of hydrogen-bond acceptors (Lipinski definition) is 4. The molecule has 156 valence electrons. The van der Waals surface area contributed by atoms with Crippen LogP contribution in [0.2, 0.25) is 5.02 Å². The molecule has 0 atom stereocenters. The lowest BCUT2D eigenvalue weighted by atomic mass is 10.1. The Morgan fingerprint density at radius 1 is 1.03 bits per heavy atom. The van der Waals surface area contributed by atoms with Gasteiger partial charge < -0.3 is 10.2 Å². The zero-order chi connectivity index (χ0) is 21.1. The van der Waals surface area contributed by atoms with Crippen LogP contribution in [0.15, 0.2) is 53.4 Å². The zero-order valence-corrected chi connectivity index (χ0v) is 18.4. The minimum Gasteiger partial charge on any atom is -0.325 e. The number of sulfone groups is 1. The van der Waals surface area contributed by atoms with Crippen LogP contribution in [0.5, 0.6) is 0 Å². The molecule has 1 aliphatic carbocycles. The second-order valence-electron chi connectivity index (χ2n) is 7.86. The quantitative estimate of drug-likeness (QED) is 0.710. The van der Waals surface area contributed by atoms with Crippen molar-refractivity contribution in [2.75, 3.05) is 26.0 Å². The summed E-state index contributed by atoms with van der Waals surface area (Å²) in [6, 6.07) is 13.6. The van der Waals surface area contributed by atoms with Crippen molar-refractivity contribution in [2.24, 2.45) is 0 Å². The Labute approximate surface area is 178 Å². The lowest BCUT2D eigenvalue weighted by Gasteiger charge is -2.27. The number of halogens is 1. The summed E-state index contributed by atoms with van der Waals surface area (Å²) in [5, 5.41) is 3.31. The first-order valence-electron chi connectivity index (χ1n) is 9.80. The maximum atomic E-state index is 13.4. The molecule has 1 saturated carbocycles. The number of nitrogens with zero attached hydrogens (tertiary/aromatic N) is 1. The van der Waals surface area contributed by atoms with Gasteiger partial charge in [-0.1, -0.05) is 36.6 Å². The zero-order valence-electron chi connectivity index (χ0n) is 16.8. The molecular weight excluding hydrogens is 408 g/mol. The molecule has 1 aliphatic rings. The van der Waals surface area contributed by atoms with E-state index in [-0.39, 0.29) is 4.90 Å². The standard InChI is InChI=1S/C22H27ClN2O3S/c1-25(2)16-13-17-5-9-19(10-6-17)24-21(26)22(14-3-4-15-22)29(27,28)20-11-7-18(23)8-12-20/h5-12H,3-4,13-16H2,1-2H3,(H,24,26).